The van der Waals surface area contributed by atoms with Gasteiger partial charge in [-0.1, -0.05) is 46.8 Å². The van der Waals surface area contributed by atoms with E-state index >= 15 is 0 Å². The summed E-state index contributed by atoms with van der Waals surface area (Å²) in [7, 11) is 0. The summed E-state index contributed by atoms with van der Waals surface area (Å²) in [4.78, 5) is 54.3. The third-order valence-electron chi connectivity index (χ3n) is 6.79. The minimum Gasteiger partial charge on any atom is -0.469 e. The van der Waals surface area contributed by atoms with E-state index in [0.717, 1.165) is 44.7 Å². The van der Waals surface area contributed by atoms with Crippen molar-refractivity contribution in [1.29, 1.82) is 0 Å². The van der Waals surface area contributed by atoms with Crippen molar-refractivity contribution in [3.05, 3.63) is 97.8 Å². The summed E-state index contributed by atoms with van der Waals surface area (Å²) in [5.74, 6) is -3.19. The molecule has 14 heteroatoms. The van der Waals surface area contributed by atoms with E-state index in [1.807, 2.05) is 0 Å². The van der Waals surface area contributed by atoms with Crippen LogP contribution in [0.5, 0.6) is 0 Å². The number of imide groups is 1. The second-order valence-corrected chi connectivity index (χ2v) is 11.8. The zero-order valence-electron chi connectivity index (χ0n) is 20.6. The van der Waals surface area contributed by atoms with E-state index in [-0.39, 0.29) is 5.03 Å². The van der Waals surface area contributed by atoms with Gasteiger partial charge in [0.2, 0.25) is 17.7 Å². The lowest BCUT2D eigenvalue weighted by molar-refractivity contribution is -0.137. The van der Waals surface area contributed by atoms with Crippen molar-refractivity contribution in [3.8, 4) is 0 Å². The molecule has 3 unspecified atom stereocenters. The highest BCUT2D eigenvalue weighted by Gasteiger charge is 2.57. The Balaban J connectivity index is 1.37. The lowest BCUT2D eigenvalue weighted by Crippen LogP contribution is -2.32. The fourth-order valence-electron chi connectivity index (χ4n) is 5.05. The number of nitrogens with zero attached hydrogens (tertiary/aromatic N) is 2. The molecule has 3 atom stereocenters. The van der Waals surface area contributed by atoms with Gasteiger partial charge in [-0.3, -0.25) is 23.7 Å². The zero-order valence-corrected chi connectivity index (χ0v) is 22.9. The maximum Gasteiger partial charge on any atom is 0.418 e. The predicted molar refractivity (Wildman–Crippen MR) is 146 cm³/mol. The molecule has 1 saturated heterocycles. The normalized spacial score (nSPS) is 20.2. The first kappa shape index (κ1) is 27.4. The van der Waals surface area contributed by atoms with Crippen LogP contribution >= 0.6 is 34.7 Å². The van der Waals surface area contributed by atoms with E-state index in [4.69, 9.17) is 16.0 Å². The zero-order chi connectivity index (χ0) is 29.1. The summed E-state index contributed by atoms with van der Waals surface area (Å²) in [5.41, 5.74) is -1.14. The molecule has 1 fully saturated rings. The Morgan fingerprint density at radius 3 is 2.41 bits per heavy atom. The third kappa shape index (κ3) is 4.77. The van der Waals surface area contributed by atoms with Gasteiger partial charge in [-0.15, -0.1) is 0 Å². The molecule has 1 N–H and O–H groups in total. The van der Waals surface area contributed by atoms with Crippen molar-refractivity contribution in [1.82, 2.24) is 4.57 Å². The van der Waals surface area contributed by atoms with Gasteiger partial charge in [0.05, 0.1) is 44.9 Å². The van der Waals surface area contributed by atoms with Gasteiger partial charge in [0.1, 0.15) is 17.6 Å². The number of carbonyl (C=O) groups excluding carboxylic acids is 3. The molecule has 2 aliphatic heterocycles. The van der Waals surface area contributed by atoms with Gasteiger partial charge in [0.15, 0.2) is 0 Å². The molecule has 0 radical (unpaired) electrons. The highest BCUT2D eigenvalue weighted by molar-refractivity contribution is 8.00. The molecule has 4 aromatic rings. The molecule has 41 heavy (non-hydrogen) atoms. The molecular formula is C27H17ClF3N3O5S2. The van der Waals surface area contributed by atoms with Crippen LogP contribution in [-0.4, -0.2) is 27.5 Å². The van der Waals surface area contributed by atoms with Crippen molar-refractivity contribution in [3.63, 3.8) is 0 Å². The summed E-state index contributed by atoms with van der Waals surface area (Å²) in [5, 5.41) is 2.00. The quantitative estimate of drug-likeness (QED) is 0.292. The van der Waals surface area contributed by atoms with Crippen LogP contribution in [0, 0.1) is 5.92 Å². The number of furan rings is 1. The van der Waals surface area contributed by atoms with Crippen molar-refractivity contribution < 1.29 is 32.0 Å². The van der Waals surface area contributed by atoms with Gasteiger partial charge >= 0.3 is 11.0 Å². The lowest BCUT2D eigenvalue weighted by atomic mass is 9.87. The highest BCUT2D eigenvalue weighted by Crippen LogP contribution is 2.54. The fraction of sp³-hybridized carbons (Fsp3) is 0.185. The maximum atomic E-state index is 13.7. The van der Waals surface area contributed by atoms with E-state index in [2.05, 4.69) is 5.32 Å². The van der Waals surface area contributed by atoms with Crippen LogP contribution in [-0.2, 0) is 27.1 Å². The van der Waals surface area contributed by atoms with Crippen molar-refractivity contribution in [2.24, 2.45) is 5.92 Å². The Kier molecular flexibility index (Phi) is 6.83. The van der Waals surface area contributed by atoms with Crippen molar-refractivity contribution in [2.45, 2.75) is 28.9 Å². The average Bonchev–Trinajstić information content (AvgIpc) is 3.62. The van der Waals surface area contributed by atoms with Crippen LogP contribution in [0.4, 0.5) is 24.5 Å². The number of carbonyl (C=O) groups is 3. The first-order valence-corrected chi connectivity index (χ1v) is 14.1. The number of amides is 3. The molecule has 2 aromatic heterocycles. The van der Waals surface area contributed by atoms with Crippen molar-refractivity contribution >= 4 is 63.8 Å². The molecule has 3 amide bonds. The molecule has 0 bridgehead atoms. The Morgan fingerprint density at radius 1 is 1.00 bits per heavy atom. The smallest absolute Gasteiger partial charge is 0.418 e. The van der Waals surface area contributed by atoms with Crippen LogP contribution in [0.2, 0.25) is 5.02 Å². The van der Waals surface area contributed by atoms with E-state index in [1.54, 1.807) is 36.4 Å². The van der Waals surface area contributed by atoms with Gasteiger partial charge < -0.3 is 9.73 Å². The number of thioether (sulfide) groups is 1. The Bertz CT molecular complexity index is 1730. The molecule has 2 aromatic carbocycles. The van der Waals surface area contributed by atoms with Gasteiger partial charge in [-0.25, -0.2) is 4.90 Å². The van der Waals surface area contributed by atoms with E-state index < -0.39 is 63.7 Å². The number of aromatic nitrogens is 1. The maximum absolute atomic E-state index is 13.7. The average molecular weight is 620 g/mol. The number of hydrogen-bond donors (Lipinski definition) is 1. The monoisotopic (exact) mass is 619 g/mol. The lowest BCUT2D eigenvalue weighted by Gasteiger charge is -2.29. The summed E-state index contributed by atoms with van der Waals surface area (Å²) >= 11 is 7.76. The topological polar surface area (TPSA) is 102 Å². The van der Waals surface area contributed by atoms with Crippen LogP contribution < -0.4 is 15.1 Å². The number of fused-ring (bicyclic) bond motifs is 2. The first-order valence-electron chi connectivity index (χ1n) is 12.1. The number of benzene rings is 2. The number of halogens is 4. The van der Waals surface area contributed by atoms with E-state index in [9.17, 15) is 32.3 Å². The largest absolute Gasteiger partial charge is 0.469 e. The van der Waals surface area contributed by atoms with Gasteiger partial charge in [-0.05, 0) is 48.5 Å². The Hall–Kier alpha value is -3.81. The predicted octanol–water partition coefficient (Wildman–Crippen LogP) is 5.61. The Morgan fingerprint density at radius 2 is 1.73 bits per heavy atom. The van der Waals surface area contributed by atoms with Gasteiger partial charge in [0, 0.05) is 5.02 Å². The van der Waals surface area contributed by atoms with E-state index in [1.165, 1.54) is 18.4 Å². The number of hydrogen-bond acceptors (Lipinski definition) is 7. The molecule has 0 spiro atoms. The number of thiazole rings is 1. The number of nitrogens with one attached hydrogen (secondary N) is 1. The fourth-order valence-corrected chi connectivity index (χ4v) is 7.93. The summed E-state index contributed by atoms with van der Waals surface area (Å²) < 4.78 is 47.0. The number of para-hydroxylation sites is 1. The minimum atomic E-state index is -4.70. The second-order valence-electron chi connectivity index (χ2n) is 9.26. The number of rotatable bonds is 5. The van der Waals surface area contributed by atoms with E-state index in [0.29, 0.717) is 21.3 Å². The molecule has 4 heterocycles. The van der Waals surface area contributed by atoms with Crippen LogP contribution in [0.25, 0.3) is 0 Å². The summed E-state index contributed by atoms with van der Waals surface area (Å²) in [6.07, 6.45) is -3.29. The molecule has 0 aliphatic carbocycles. The standard InChI is InChI=1S/C27H17ClF3N3O5S2/c28-13-7-9-14(10-8-13)34-23(36)20-19(17-6-3-11-39-17)22-25(40-21(20)24(34)37)33(26(38)41-22)12-18(35)32-16-5-2-1-4-15(16)27(29,30)31/h1-11,19-21H,12H2,(H,32,35). The SMILES string of the molecule is O=C(Cn1c2c(sc1=O)C(c1ccco1)C1C(=O)N(c3ccc(Cl)cc3)C(=O)C1S2)Nc1ccccc1C(F)(F)F. The Labute approximate surface area is 242 Å². The van der Waals surface area contributed by atoms with Crippen LogP contribution in [0.1, 0.15) is 22.1 Å². The molecular weight excluding hydrogens is 603 g/mol. The number of alkyl halides is 3. The molecule has 8 nitrogen and oxygen atoms in total. The second kappa shape index (κ2) is 10.2. The minimum absolute atomic E-state index is 0.279. The number of anilines is 2. The molecule has 0 saturated carbocycles. The van der Waals surface area contributed by atoms with Crippen molar-refractivity contribution in [2.75, 3.05) is 10.2 Å². The molecule has 210 valence electrons. The summed E-state index contributed by atoms with van der Waals surface area (Å²) in [6.45, 7) is -0.602. The van der Waals surface area contributed by atoms with Gasteiger partial charge in [-0.2, -0.15) is 13.2 Å². The molecule has 6 rings (SSSR count). The molecule has 2 aliphatic rings. The third-order valence-corrected chi connectivity index (χ3v) is 9.65. The highest BCUT2D eigenvalue weighted by atomic mass is 35.5. The van der Waals surface area contributed by atoms with Gasteiger partial charge in [0.25, 0.3) is 0 Å². The van der Waals surface area contributed by atoms with Crippen LogP contribution in [0.3, 0.4) is 0 Å². The van der Waals surface area contributed by atoms with Crippen LogP contribution in [0.15, 0.2) is 81.2 Å². The first-order chi connectivity index (χ1) is 19.5. The summed E-state index contributed by atoms with van der Waals surface area (Å²) in [6, 6.07) is 14.0.